The number of rotatable bonds is 5. The zero-order chi connectivity index (χ0) is 12.9. The Morgan fingerprint density at radius 2 is 1.82 bits per heavy atom. The van der Waals surface area contributed by atoms with Crippen LogP contribution in [0.4, 0.5) is 0 Å². The smallest absolute Gasteiger partial charge is 0.326 e. The van der Waals surface area contributed by atoms with E-state index in [4.69, 9.17) is 10.5 Å². The van der Waals surface area contributed by atoms with E-state index in [0.717, 1.165) is 5.56 Å². The van der Waals surface area contributed by atoms with Gasteiger partial charge in [0, 0.05) is 0 Å². The van der Waals surface area contributed by atoms with Gasteiger partial charge in [-0.25, -0.2) is 0 Å². The molecule has 2 N–H and O–H groups in total. The van der Waals surface area contributed by atoms with Gasteiger partial charge in [0.2, 0.25) is 0 Å². The molecule has 0 radical (unpaired) electrons. The summed E-state index contributed by atoms with van der Waals surface area (Å²) in [5.41, 5.74) is 6.12. The summed E-state index contributed by atoms with van der Waals surface area (Å²) < 4.78 is 5.42. The largest absolute Gasteiger partial charge is 0.456 e. The first kappa shape index (κ1) is 13.7. The fourth-order valence-electron chi connectivity index (χ4n) is 1.61. The highest BCUT2D eigenvalue weighted by molar-refractivity contribution is 5.80. The van der Waals surface area contributed by atoms with Crippen molar-refractivity contribution in [2.45, 2.75) is 45.3 Å². The van der Waals surface area contributed by atoms with E-state index in [0.29, 0.717) is 12.8 Å². The molecule has 0 fully saturated rings. The van der Waals surface area contributed by atoms with Crippen molar-refractivity contribution >= 4 is 5.97 Å². The van der Waals surface area contributed by atoms with Gasteiger partial charge in [0.25, 0.3) is 0 Å². The van der Waals surface area contributed by atoms with Crippen LogP contribution < -0.4 is 5.73 Å². The zero-order valence-corrected chi connectivity index (χ0v) is 10.8. The summed E-state index contributed by atoms with van der Waals surface area (Å²) in [6.45, 7) is 5.66. The lowest BCUT2D eigenvalue weighted by Crippen LogP contribution is -2.48. The fraction of sp³-hybridized carbons (Fsp3) is 0.500. The summed E-state index contributed by atoms with van der Waals surface area (Å²) in [6, 6.07) is 9.66. The van der Waals surface area contributed by atoms with Crippen LogP contribution in [0.3, 0.4) is 0 Å². The molecule has 0 heterocycles. The first-order chi connectivity index (χ1) is 8.03. The minimum absolute atomic E-state index is 0.260. The minimum atomic E-state index is -0.858. The monoisotopic (exact) mass is 235 g/mol. The Hall–Kier alpha value is -1.35. The molecule has 0 spiro atoms. The van der Waals surface area contributed by atoms with Gasteiger partial charge < -0.3 is 10.5 Å². The lowest BCUT2D eigenvalue weighted by Gasteiger charge is -2.26. The highest BCUT2D eigenvalue weighted by Gasteiger charge is 2.32. The van der Waals surface area contributed by atoms with Crippen molar-refractivity contribution in [2.75, 3.05) is 0 Å². The first-order valence-electron chi connectivity index (χ1n) is 6.08. The van der Waals surface area contributed by atoms with Gasteiger partial charge in [-0.1, -0.05) is 44.2 Å². The molecule has 1 aromatic carbocycles. The second kappa shape index (κ2) is 5.82. The van der Waals surface area contributed by atoms with Gasteiger partial charge >= 0.3 is 5.97 Å². The standard InChI is InChI=1S/C14H21NO2/c1-4-14(15,5-2)13(16)17-11(3)12-9-7-6-8-10-12/h6-11H,4-5,15H2,1-3H3. The zero-order valence-electron chi connectivity index (χ0n) is 10.8. The minimum Gasteiger partial charge on any atom is -0.456 e. The average molecular weight is 235 g/mol. The maximum Gasteiger partial charge on any atom is 0.326 e. The van der Waals surface area contributed by atoms with Gasteiger partial charge in [-0.3, -0.25) is 4.79 Å². The highest BCUT2D eigenvalue weighted by Crippen LogP contribution is 2.21. The van der Waals surface area contributed by atoms with E-state index in [-0.39, 0.29) is 12.1 Å². The summed E-state index contributed by atoms with van der Waals surface area (Å²) in [5, 5.41) is 0. The van der Waals surface area contributed by atoms with E-state index >= 15 is 0 Å². The number of benzene rings is 1. The van der Waals surface area contributed by atoms with Gasteiger partial charge in [0.15, 0.2) is 0 Å². The van der Waals surface area contributed by atoms with Gasteiger partial charge in [-0.2, -0.15) is 0 Å². The Bertz CT molecular complexity index is 358. The topological polar surface area (TPSA) is 52.3 Å². The molecule has 0 aliphatic heterocycles. The van der Waals surface area contributed by atoms with Crippen molar-refractivity contribution in [1.29, 1.82) is 0 Å². The summed E-state index contributed by atoms with van der Waals surface area (Å²) in [4.78, 5) is 12.0. The molecule has 1 rings (SSSR count). The van der Waals surface area contributed by atoms with Crippen LogP contribution in [0.15, 0.2) is 30.3 Å². The van der Waals surface area contributed by atoms with Gasteiger partial charge in [0.05, 0.1) is 0 Å². The molecule has 0 saturated carbocycles. The van der Waals surface area contributed by atoms with Crippen molar-refractivity contribution in [3.05, 3.63) is 35.9 Å². The van der Waals surface area contributed by atoms with Gasteiger partial charge in [-0.05, 0) is 25.3 Å². The van der Waals surface area contributed by atoms with Crippen molar-refractivity contribution in [3.63, 3.8) is 0 Å². The van der Waals surface area contributed by atoms with E-state index in [2.05, 4.69) is 0 Å². The molecule has 1 atom stereocenters. The molecule has 0 aliphatic carbocycles. The third kappa shape index (κ3) is 3.30. The number of carbonyl (C=O) groups excluding carboxylic acids is 1. The molecule has 3 nitrogen and oxygen atoms in total. The SMILES string of the molecule is CCC(N)(CC)C(=O)OC(C)c1ccccc1. The van der Waals surface area contributed by atoms with Crippen molar-refractivity contribution < 1.29 is 9.53 Å². The lowest BCUT2D eigenvalue weighted by molar-refractivity contribution is -0.155. The molecule has 17 heavy (non-hydrogen) atoms. The van der Waals surface area contributed by atoms with Crippen LogP contribution in [0.25, 0.3) is 0 Å². The third-order valence-electron chi connectivity index (χ3n) is 3.22. The Morgan fingerprint density at radius 3 is 2.29 bits per heavy atom. The van der Waals surface area contributed by atoms with Crippen LogP contribution in [0.5, 0.6) is 0 Å². The first-order valence-corrected chi connectivity index (χ1v) is 6.08. The van der Waals surface area contributed by atoms with Crippen LogP contribution in [0.1, 0.15) is 45.3 Å². The van der Waals surface area contributed by atoms with E-state index in [1.54, 1.807) is 0 Å². The van der Waals surface area contributed by atoms with Crippen LogP contribution in [0, 0.1) is 0 Å². The molecule has 0 aliphatic rings. The maximum absolute atomic E-state index is 12.0. The lowest BCUT2D eigenvalue weighted by atomic mass is 9.94. The van der Waals surface area contributed by atoms with Crippen LogP contribution in [0.2, 0.25) is 0 Å². The van der Waals surface area contributed by atoms with Crippen molar-refractivity contribution in [1.82, 2.24) is 0 Å². The third-order valence-corrected chi connectivity index (χ3v) is 3.22. The summed E-state index contributed by atoms with van der Waals surface area (Å²) in [7, 11) is 0. The van der Waals surface area contributed by atoms with Gasteiger partial charge in [0.1, 0.15) is 11.6 Å². The molecular weight excluding hydrogens is 214 g/mol. The highest BCUT2D eigenvalue weighted by atomic mass is 16.5. The summed E-state index contributed by atoms with van der Waals surface area (Å²) in [6.07, 6.45) is 0.915. The molecule has 3 heteroatoms. The number of hydrogen-bond acceptors (Lipinski definition) is 3. The Kier molecular flexibility index (Phi) is 4.70. The summed E-state index contributed by atoms with van der Waals surface area (Å²) in [5.74, 6) is -0.321. The number of carbonyl (C=O) groups is 1. The van der Waals surface area contributed by atoms with Crippen LogP contribution in [-0.2, 0) is 9.53 Å². The quantitative estimate of drug-likeness (QED) is 0.798. The average Bonchev–Trinajstić information content (AvgIpc) is 2.38. The van der Waals surface area contributed by atoms with E-state index in [9.17, 15) is 4.79 Å². The van der Waals surface area contributed by atoms with Crippen LogP contribution >= 0.6 is 0 Å². The Morgan fingerprint density at radius 1 is 1.29 bits per heavy atom. The number of ether oxygens (including phenoxy) is 1. The molecule has 94 valence electrons. The van der Waals surface area contributed by atoms with Gasteiger partial charge in [-0.15, -0.1) is 0 Å². The Labute approximate surface area is 103 Å². The predicted octanol–water partition coefficient (Wildman–Crippen LogP) is 2.81. The van der Waals surface area contributed by atoms with Crippen molar-refractivity contribution in [3.8, 4) is 0 Å². The molecule has 1 unspecified atom stereocenters. The second-order valence-electron chi connectivity index (χ2n) is 4.32. The molecular formula is C14H21NO2. The molecule has 0 bridgehead atoms. The van der Waals surface area contributed by atoms with E-state index < -0.39 is 5.54 Å². The molecule has 0 aromatic heterocycles. The molecule has 0 saturated heterocycles. The summed E-state index contributed by atoms with van der Waals surface area (Å²) >= 11 is 0. The van der Waals surface area contributed by atoms with E-state index in [1.165, 1.54) is 0 Å². The fourth-order valence-corrected chi connectivity index (χ4v) is 1.61. The normalized spacial score (nSPS) is 13.2. The number of nitrogens with two attached hydrogens (primary N) is 1. The Balaban J connectivity index is 2.69. The maximum atomic E-state index is 12.0. The molecule has 1 aromatic rings. The number of hydrogen-bond donors (Lipinski definition) is 1. The second-order valence-corrected chi connectivity index (χ2v) is 4.32. The van der Waals surface area contributed by atoms with Crippen LogP contribution in [-0.4, -0.2) is 11.5 Å². The van der Waals surface area contributed by atoms with Crippen molar-refractivity contribution in [2.24, 2.45) is 5.73 Å². The van der Waals surface area contributed by atoms with E-state index in [1.807, 2.05) is 51.1 Å². The number of esters is 1. The molecule has 0 amide bonds. The predicted molar refractivity (Wildman–Crippen MR) is 68.4 cm³/mol.